The first-order valence-corrected chi connectivity index (χ1v) is 6.12. The predicted octanol–water partition coefficient (Wildman–Crippen LogP) is 3.01. The van der Waals surface area contributed by atoms with Gasteiger partial charge in [-0.25, -0.2) is 0 Å². The van der Waals surface area contributed by atoms with Crippen molar-refractivity contribution in [2.75, 3.05) is 10.7 Å². The van der Waals surface area contributed by atoms with Crippen LogP contribution in [0.4, 0.5) is 5.69 Å². The standard InChI is InChI=1S/C10H8ClNOS2/c1-6-2-3-7(4-8(6)11)12-9(13)5-15-10(12)14/h2-4H,5H2,1H3. The van der Waals surface area contributed by atoms with E-state index in [0.717, 1.165) is 11.3 Å². The van der Waals surface area contributed by atoms with Crippen LogP contribution in [0.1, 0.15) is 5.56 Å². The number of aryl methyl sites for hydroxylation is 1. The zero-order valence-electron chi connectivity index (χ0n) is 7.99. The number of thioether (sulfide) groups is 1. The van der Waals surface area contributed by atoms with Gasteiger partial charge in [0.05, 0.1) is 11.4 Å². The van der Waals surface area contributed by atoms with Gasteiger partial charge in [-0.15, -0.1) is 0 Å². The van der Waals surface area contributed by atoms with Gasteiger partial charge in [0.15, 0.2) is 0 Å². The van der Waals surface area contributed by atoms with Crippen molar-refractivity contribution >= 4 is 51.5 Å². The number of benzene rings is 1. The molecule has 1 aromatic carbocycles. The van der Waals surface area contributed by atoms with Gasteiger partial charge in [-0.2, -0.15) is 0 Å². The molecule has 2 rings (SSSR count). The van der Waals surface area contributed by atoms with Crippen LogP contribution in [0.5, 0.6) is 0 Å². The highest BCUT2D eigenvalue weighted by Crippen LogP contribution is 2.29. The summed E-state index contributed by atoms with van der Waals surface area (Å²) in [4.78, 5) is 13.1. The van der Waals surface area contributed by atoms with Crippen LogP contribution in [-0.2, 0) is 4.79 Å². The highest BCUT2D eigenvalue weighted by molar-refractivity contribution is 8.24. The third kappa shape index (κ3) is 2.02. The fourth-order valence-electron chi connectivity index (χ4n) is 1.32. The maximum Gasteiger partial charge on any atom is 0.243 e. The van der Waals surface area contributed by atoms with Gasteiger partial charge < -0.3 is 0 Å². The molecule has 0 N–H and O–H groups in total. The Bertz CT molecular complexity index is 431. The molecule has 0 aliphatic carbocycles. The van der Waals surface area contributed by atoms with Crippen molar-refractivity contribution < 1.29 is 4.79 Å². The van der Waals surface area contributed by atoms with Gasteiger partial charge in [-0.05, 0) is 24.6 Å². The molecule has 2 nitrogen and oxygen atoms in total. The van der Waals surface area contributed by atoms with E-state index in [-0.39, 0.29) is 5.91 Å². The zero-order valence-corrected chi connectivity index (χ0v) is 10.4. The lowest BCUT2D eigenvalue weighted by molar-refractivity contribution is -0.115. The maximum atomic E-state index is 11.6. The second-order valence-electron chi connectivity index (χ2n) is 3.22. The Morgan fingerprint density at radius 3 is 2.80 bits per heavy atom. The van der Waals surface area contributed by atoms with Gasteiger partial charge in [0.25, 0.3) is 0 Å². The molecule has 0 bridgehead atoms. The average molecular weight is 258 g/mol. The van der Waals surface area contributed by atoms with Crippen LogP contribution in [0.2, 0.25) is 5.02 Å². The largest absolute Gasteiger partial charge is 0.273 e. The highest BCUT2D eigenvalue weighted by atomic mass is 35.5. The summed E-state index contributed by atoms with van der Waals surface area (Å²) < 4.78 is 0.597. The molecule has 1 aliphatic rings. The van der Waals surface area contributed by atoms with E-state index in [1.807, 2.05) is 19.1 Å². The molecule has 0 radical (unpaired) electrons. The Labute approximate surface area is 103 Å². The number of rotatable bonds is 1. The second-order valence-corrected chi connectivity index (χ2v) is 5.23. The lowest BCUT2D eigenvalue weighted by atomic mass is 10.2. The van der Waals surface area contributed by atoms with Crippen molar-refractivity contribution in [1.29, 1.82) is 0 Å². The van der Waals surface area contributed by atoms with E-state index in [2.05, 4.69) is 0 Å². The molecule has 1 aliphatic heterocycles. The van der Waals surface area contributed by atoms with Crippen LogP contribution in [0.15, 0.2) is 18.2 Å². The highest BCUT2D eigenvalue weighted by Gasteiger charge is 2.28. The monoisotopic (exact) mass is 257 g/mol. The van der Waals surface area contributed by atoms with Crippen LogP contribution in [0.3, 0.4) is 0 Å². The van der Waals surface area contributed by atoms with Crippen LogP contribution in [-0.4, -0.2) is 16.0 Å². The van der Waals surface area contributed by atoms with Crippen LogP contribution < -0.4 is 4.90 Å². The summed E-state index contributed by atoms with van der Waals surface area (Å²) in [5, 5.41) is 0.653. The number of hydrogen-bond acceptors (Lipinski definition) is 3. The fourth-order valence-corrected chi connectivity index (χ4v) is 2.60. The van der Waals surface area contributed by atoms with E-state index in [1.54, 1.807) is 6.07 Å². The van der Waals surface area contributed by atoms with Crippen molar-refractivity contribution in [3.8, 4) is 0 Å². The summed E-state index contributed by atoms with van der Waals surface area (Å²) in [6.07, 6.45) is 0. The Hall–Kier alpha value is -0.580. The number of carbonyl (C=O) groups is 1. The number of anilines is 1. The smallest absolute Gasteiger partial charge is 0.243 e. The van der Waals surface area contributed by atoms with Crippen molar-refractivity contribution in [2.24, 2.45) is 0 Å². The molecule has 0 spiro atoms. The Morgan fingerprint density at radius 1 is 1.53 bits per heavy atom. The maximum absolute atomic E-state index is 11.6. The molecule has 1 aromatic rings. The van der Waals surface area contributed by atoms with Crippen molar-refractivity contribution in [2.45, 2.75) is 6.92 Å². The van der Waals surface area contributed by atoms with Crippen molar-refractivity contribution in [1.82, 2.24) is 0 Å². The van der Waals surface area contributed by atoms with Crippen molar-refractivity contribution in [3.63, 3.8) is 0 Å². The van der Waals surface area contributed by atoms with Gasteiger partial charge in [-0.1, -0.05) is 41.6 Å². The molecular formula is C10H8ClNOS2. The van der Waals surface area contributed by atoms with Crippen molar-refractivity contribution in [3.05, 3.63) is 28.8 Å². The van der Waals surface area contributed by atoms with E-state index in [9.17, 15) is 4.79 Å². The fraction of sp³-hybridized carbons (Fsp3) is 0.200. The Kier molecular flexibility index (Phi) is 3.00. The number of thiocarbonyl (C=S) groups is 1. The predicted molar refractivity (Wildman–Crippen MR) is 68.7 cm³/mol. The second kappa shape index (κ2) is 4.12. The normalized spacial score (nSPS) is 16.3. The minimum atomic E-state index is 0.0184. The topological polar surface area (TPSA) is 20.3 Å². The first-order valence-electron chi connectivity index (χ1n) is 4.35. The number of amides is 1. The molecule has 0 saturated carbocycles. The molecule has 0 atom stereocenters. The molecule has 78 valence electrons. The summed E-state index contributed by atoms with van der Waals surface area (Å²) >= 11 is 12.5. The summed E-state index contributed by atoms with van der Waals surface area (Å²) in [6, 6.07) is 5.51. The van der Waals surface area contributed by atoms with E-state index in [1.165, 1.54) is 16.7 Å². The van der Waals surface area contributed by atoms with Gasteiger partial charge in [0, 0.05) is 5.02 Å². The molecule has 0 unspecified atom stereocenters. The van der Waals surface area contributed by atoms with Gasteiger partial charge in [0.1, 0.15) is 4.32 Å². The quantitative estimate of drug-likeness (QED) is 0.722. The summed E-state index contributed by atoms with van der Waals surface area (Å²) in [6.45, 7) is 1.92. The molecule has 1 fully saturated rings. The molecule has 1 saturated heterocycles. The third-order valence-electron chi connectivity index (χ3n) is 2.16. The molecule has 15 heavy (non-hydrogen) atoms. The number of nitrogens with zero attached hydrogens (tertiary/aromatic N) is 1. The molecule has 5 heteroatoms. The van der Waals surface area contributed by atoms with E-state index in [4.69, 9.17) is 23.8 Å². The number of halogens is 1. The van der Waals surface area contributed by atoms with Crippen LogP contribution in [0.25, 0.3) is 0 Å². The minimum absolute atomic E-state index is 0.0184. The first-order chi connectivity index (χ1) is 7.09. The van der Waals surface area contributed by atoms with E-state index in [0.29, 0.717) is 15.1 Å². The summed E-state index contributed by atoms with van der Waals surface area (Å²) in [5.74, 6) is 0.439. The number of hydrogen-bond donors (Lipinski definition) is 0. The molecule has 1 heterocycles. The summed E-state index contributed by atoms with van der Waals surface area (Å²) in [5.41, 5.74) is 1.75. The summed E-state index contributed by atoms with van der Waals surface area (Å²) in [7, 11) is 0. The minimum Gasteiger partial charge on any atom is -0.273 e. The molecule has 0 aromatic heterocycles. The molecular weight excluding hydrogens is 250 g/mol. The van der Waals surface area contributed by atoms with Crippen LogP contribution >= 0.6 is 35.6 Å². The Balaban J connectivity index is 2.41. The number of carbonyl (C=O) groups excluding carboxylic acids is 1. The average Bonchev–Trinajstić information content (AvgIpc) is 2.52. The SMILES string of the molecule is Cc1ccc(N2C(=O)CSC2=S)cc1Cl. The lowest BCUT2D eigenvalue weighted by Crippen LogP contribution is -2.27. The first kappa shape index (κ1) is 10.9. The molecule has 1 amide bonds. The lowest BCUT2D eigenvalue weighted by Gasteiger charge is -2.15. The van der Waals surface area contributed by atoms with Gasteiger partial charge >= 0.3 is 0 Å². The van der Waals surface area contributed by atoms with Crippen LogP contribution in [0, 0.1) is 6.92 Å². The van der Waals surface area contributed by atoms with E-state index >= 15 is 0 Å². The van der Waals surface area contributed by atoms with E-state index < -0.39 is 0 Å². The Morgan fingerprint density at radius 2 is 2.27 bits per heavy atom. The zero-order chi connectivity index (χ0) is 11.0. The van der Waals surface area contributed by atoms with Gasteiger partial charge in [0.2, 0.25) is 5.91 Å². The van der Waals surface area contributed by atoms with Gasteiger partial charge in [-0.3, -0.25) is 9.69 Å². The third-order valence-corrected chi connectivity index (χ3v) is 3.93.